The lowest BCUT2D eigenvalue weighted by molar-refractivity contribution is -0.160. The smallest absolute Gasteiger partial charge is 0.407 e. The van der Waals surface area contributed by atoms with Gasteiger partial charge in [-0.15, -0.1) is 0 Å². The van der Waals surface area contributed by atoms with Crippen LogP contribution in [-0.4, -0.2) is 77.4 Å². The van der Waals surface area contributed by atoms with Crippen LogP contribution in [0, 0.1) is 0 Å². The van der Waals surface area contributed by atoms with E-state index in [2.05, 4.69) is 16.0 Å². The van der Waals surface area contributed by atoms with Crippen LogP contribution in [0.5, 0.6) is 0 Å². The molecule has 13 nitrogen and oxygen atoms in total. The van der Waals surface area contributed by atoms with Gasteiger partial charge in [0.2, 0.25) is 11.8 Å². The van der Waals surface area contributed by atoms with E-state index in [-0.39, 0.29) is 38.2 Å². The van der Waals surface area contributed by atoms with Gasteiger partial charge in [-0.3, -0.25) is 9.59 Å². The molecule has 0 heterocycles. The number of alkyl carbamates (subject to hydrolysis) is 1. The van der Waals surface area contributed by atoms with Crippen LogP contribution in [0.1, 0.15) is 125 Å². The minimum atomic E-state index is -1.25. The van der Waals surface area contributed by atoms with E-state index >= 15 is 0 Å². The van der Waals surface area contributed by atoms with Crippen LogP contribution in [0.2, 0.25) is 0 Å². The number of ether oxygens (including phenoxy) is 4. The third-order valence-electron chi connectivity index (χ3n) is 8.28. The van der Waals surface area contributed by atoms with Crippen LogP contribution in [-0.2, 0) is 42.9 Å². The van der Waals surface area contributed by atoms with Crippen LogP contribution in [0.15, 0.2) is 48.5 Å². The zero-order chi connectivity index (χ0) is 41.1. The Morgan fingerprint density at radius 3 is 1.31 bits per heavy atom. The molecular formula is C42H59N3O10. The molecule has 0 radical (unpaired) electrons. The lowest BCUT2D eigenvalue weighted by atomic mass is 9.98. The fraction of sp³-hybridized carbons (Fsp3) is 0.571. The zero-order valence-electron chi connectivity index (χ0n) is 34.0. The second kappa shape index (κ2) is 19.1. The molecule has 1 aliphatic rings. The molecule has 0 aliphatic heterocycles. The van der Waals surface area contributed by atoms with Crippen molar-refractivity contribution in [1.82, 2.24) is 16.0 Å². The van der Waals surface area contributed by atoms with Crippen molar-refractivity contribution in [3.63, 3.8) is 0 Å². The molecular weight excluding hydrogens is 706 g/mol. The minimum absolute atomic E-state index is 0.0174. The number of carbonyl (C=O) groups is 6. The molecule has 0 fully saturated rings. The van der Waals surface area contributed by atoms with Crippen molar-refractivity contribution < 1.29 is 47.7 Å². The van der Waals surface area contributed by atoms with Gasteiger partial charge in [0.05, 0.1) is 0 Å². The summed E-state index contributed by atoms with van der Waals surface area (Å²) < 4.78 is 22.2. The Labute approximate surface area is 325 Å². The molecule has 3 N–H and O–H groups in total. The van der Waals surface area contributed by atoms with E-state index in [4.69, 9.17) is 18.9 Å². The summed E-state index contributed by atoms with van der Waals surface area (Å²) in [6.07, 6.45) is -0.707. The monoisotopic (exact) mass is 765 g/mol. The van der Waals surface area contributed by atoms with Gasteiger partial charge in [-0.25, -0.2) is 19.2 Å². The lowest BCUT2D eigenvalue weighted by Crippen LogP contribution is -2.47. The third kappa shape index (κ3) is 14.7. The summed E-state index contributed by atoms with van der Waals surface area (Å²) in [5.41, 5.74) is 1.67. The molecule has 3 atom stereocenters. The van der Waals surface area contributed by atoms with Crippen molar-refractivity contribution in [2.75, 3.05) is 6.61 Å². The lowest BCUT2D eigenvalue weighted by Gasteiger charge is -2.26. The van der Waals surface area contributed by atoms with Gasteiger partial charge in [-0.2, -0.15) is 0 Å². The Bertz CT molecular complexity index is 1640. The fourth-order valence-corrected chi connectivity index (χ4v) is 6.02. The van der Waals surface area contributed by atoms with E-state index in [1.165, 1.54) is 0 Å². The van der Waals surface area contributed by atoms with Gasteiger partial charge in [0, 0.05) is 18.8 Å². The number of carbonyl (C=O) groups excluding carboxylic acids is 6. The van der Waals surface area contributed by atoms with Crippen molar-refractivity contribution in [1.29, 1.82) is 0 Å². The number of rotatable bonds is 16. The maximum atomic E-state index is 13.3. The Hall–Kier alpha value is -4.94. The summed E-state index contributed by atoms with van der Waals surface area (Å²) in [4.78, 5) is 78.6. The van der Waals surface area contributed by atoms with Crippen molar-refractivity contribution >= 4 is 35.8 Å². The highest BCUT2D eigenvalue weighted by Crippen LogP contribution is 2.44. The molecule has 0 spiro atoms. The molecule has 3 rings (SSSR count). The molecule has 2 aromatic carbocycles. The molecule has 0 unspecified atom stereocenters. The van der Waals surface area contributed by atoms with Crippen LogP contribution >= 0.6 is 0 Å². The molecule has 55 heavy (non-hydrogen) atoms. The molecule has 2 aromatic rings. The highest BCUT2D eigenvalue weighted by Gasteiger charge is 2.33. The molecule has 302 valence electrons. The zero-order valence-corrected chi connectivity index (χ0v) is 34.0. The van der Waals surface area contributed by atoms with E-state index < -0.39 is 70.7 Å². The van der Waals surface area contributed by atoms with Gasteiger partial charge < -0.3 is 34.9 Å². The summed E-state index contributed by atoms with van der Waals surface area (Å²) in [6, 6.07) is 12.5. The summed E-state index contributed by atoms with van der Waals surface area (Å²) in [7, 11) is 0. The van der Waals surface area contributed by atoms with Crippen LogP contribution < -0.4 is 16.0 Å². The number of nitrogens with one attached hydrogen (secondary N) is 3. The van der Waals surface area contributed by atoms with Crippen molar-refractivity contribution in [3.05, 3.63) is 59.7 Å². The first kappa shape index (κ1) is 44.5. The molecule has 0 saturated carbocycles. The van der Waals surface area contributed by atoms with E-state index in [9.17, 15) is 28.8 Å². The Morgan fingerprint density at radius 2 is 0.927 bits per heavy atom. The maximum absolute atomic E-state index is 13.3. The van der Waals surface area contributed by atoms with E-state index in [1.807, 2.05) is 55.5 Å². The number of hydrogen-bond donors (Lipinski definition) is 3. The van der Waals surface area contributed by atoms with Crippen molar-refractivity contribution in [2.24, 2.45) is 0 Å². The SMILES string of the molecule is CCC[C@@H](NC(=O)CC[C@@H](NC(=O)CC[C@@H](NC(=O)OCC1c2ccccc2-c2ccccc21)C(=O)OC(C)(C)C)C(=O)OC(C)(C)C)C(=O)OC(C)(C)C. The molecule has 1 aliphatic carbocycles. The van der Waals surface area contributed by atoms with Crippen LogP contribution in [0.25, 0.3) is 11.1 Å². The largest absolute Gasteiger partial charge is 0.458 e. The van der Waals surface area contributed by atoms with Crippen molar-refractivity contribution in [2.45, 2.75) is 149 Å². The molecule has 0 saturated heterocycles. The summed E-state index contributed by atoms with van der Waals surface area (Å²) in [5, 5.41) is 7.87. The predicted molar refractivity (Wildman–Crippen MR) is 207 cm³/mol. The van der Waals surface area contributed by atoms with Gasteiger partial charge in [0.15, 0.2) is 0 Å². The van der Waals surface area contributed by atoms with Gasteiger partial charge in [0.1, 0.15) is 41.5 Å². The number of benzene rings is 2. The predicted octanol–water partition coefficient (Wildman–Crippen LogP) is 6.25. The molecule has 13 heteroatoms. The Kier molecular flexibility index (Phi) is 15.4. The van der Waals surface area contributed by atoms with E-state index in [0.29, 0.717) is 12.8 Å². The van der Waals surface area contributed by atoms with Crippen LogP contribution in [0.3, 0.4) is 0 Å². The fourth-order valence-electron chi connectivity index (χ4n) is 6.02. The minimum Gasteiger partial charge on any atom is -0.458 e. The first-order valence-electron chi connectivity index (χ1n) is 19.0. The summed E-state index contributed by atoms with van der Waals surface area (Å²) in [5.74, 6) is -3.43. The van der Waals surface area contributed by atoms with Gasteiger partial charge in [0.25, 0.3) is 0 Å². The second-order valence-corrected chi connectivity index (χ2v) is 16.7. The summed E-state index contributed by atoms with van der Waals surface area (Å²) in [6.45, 7) is 17.2. The van der Waals surface area contributed by atoms with Gasteiger partial charge in [-0.05, 0) is 104 Å². The number of esters is 3. The molecule has 0 bridgehead atoms. The number of fused-ring (bicyclic) bond motifs is 3. The Morgan fingerprint density at radius 1 is 0.564 bits per heavy atom. The number of hydrogen-bond acceptors (Lipinski definition) is 10. The topological polar surface area (TPSA) is 175 Å². The average molecular weight is 766 g/mol. The van der Waals surface area contributed by atoms with E-state index in [0.717, 1.165) is 22.3 Å². The number of amides is 3. The second-order valence-electron chi connectivity index (χ2n) is 16.7. The van der Waals surface area contributed by atoms with E-state index in [1.54, 1.807) is 62.3 Å². The normalized spacial score (nSPS) is 14.3. The van der Waals surface area contributed by atoms with Crippen molar-refractivity contribution in [3.8, 4) is 11.1 Å². The molecule has 3 amide bonds. The highest BCUT2D eigenvalue weighted by molar-refractivity contribution is 5.88. The maximum Gasteiger partial charge on any atom is 0.407 e. The Balaban J connectivity index is 1.67. The average Bonchev–Trinajstić information content (AvgIpc) is 3.38. The first-order valence-corrected chi connectivity index (χ1v) is 19.0. The highest BCUT2D eigenvalue weighted by atomic mass is 16.6. The van der Waals surface area contributed by atoms with Gasteiger partial charge >= 0.3 is 24.0 Å². The van der Waals surface area contributed by atoms with Gasteiger partial charge in [-0.1, -0.05) is 61.9 Å². The van der Waals surface area contributed by atoms with Crippen LogP contribution in [0.4, 0.5) is 4.79 Å². The standard InChI is InChI=1S/C42H59N3O10/c1-11-16-31(36(48)53-40(2,3)4)43-34(46)23-21-32(37(49)54-41(5,6)7)44-35(47)24-22-33(38(50)55-42(8,9)10)45-39(51)52-25-30-28-19-14-12-17-26(28)27-18-13-15-20-29(27)30/h12-15,17-20,30-33H,11,16,21-25H2,1-10H3,(H,43,46)(H,44,47)(H,45,51)/t31-,32-,33-/m1/s1. The first-order chi connectivity index (χ1) is 25.6. The molecule has 0 aromatic heterocycles. The third-order valence-corrected chi connectivity index (χ3v) is 8.28. The quantitative estimate of drug-likeness (QED) is 0.131. The summed E-state index contributed by atoms with van der Waals surface area (Å²) >= 11 is 0.